The van der Waals surface area contributed by atoms with Crippen LogP contribution in [0.15, 0.2) is 0 Å². The number of carbonyl (C=O) groups excluding carboxylic acids is 1. The Morgan fingerprint density at radius 3 is 2.63 bits per heavy atom. The maximum atomic E-state index is 11.9. The van der Waals surface area contributed by atoms with Crippen molar-refractivity contribution in [3.8, 4) is 0 Å². The maximum Gasteiger partial charge on any atom is 0.223 e. The molecule has 1 N–H and O–H groups in total. The van der Waals surface area contributed by atoms with Crippen LogP contribution in [0.1, 0.15) is 39.0 Å². The van der Waals surface area contributed by atoms with Gasteiger partial charge in [-0.25, -0.2) is 0 Å². The molecule has 0 bridgehead atoms. The van der Waals surface area contributed by atoms with E-state index in [0.29, 0.717) is 12.3 Å². The zero-order chi connectivity index (χ0) is 14.1. The van der Waals surface area contributed by atoms with E-state index < -0.39 is 0 Å². The molecule has 19 heavy (non-hydrogen) atoms. The van der Waals surface area contributed by atoms with Gasteiger partial charge in [-0.1, -0.05) is 13.3 Å². The van der Waals surface area contributed by atoms with E-state index in [0.717, 1.165) is 25.6 Å². The summed E-state index contributed by atoms with van der Waals surface area (Å²) in [6.07, 6.45) is 5.53. The van der Waals surface area contributed by atoms with Crippen molar-refractivity contribution in [3.63, 3.8) is 0 Å². The lowest BCUT2D eigenvalue weighted by atomic mass is 9.96. The number of hydrogen-bond donors (Lipinski definition) is 1. The Balaban J connectivity index is 2.19. The van der Waals surface area contributed by atoms with Gasteiger partial charge in [-0.15, -0.1) is 0 Å². The predicted molar refractivity (Wildman–Crippen MR) is 80.3 cm³/mol. The molecule has 4 nitrogen and oxygen atoms in total. The number of hydrogen-bond acceptors (Lipinski definition) is 3. The van der Waals surface area contributed by atoms with E-state index in [4.69, 9.17) is 0 Å². The zero-order valence-electron chi connectivity index (χ0n) is 13.0. The lowest BCUT2D eigenvalue weighted by molar-refractivity contribution is -0.132. The van der Waals surface area contributed by atoms with Crippen molar-refractivity contribution in [2.45, 2.75) is 39.0 Å². The van der Waals surface area contributed by atoms with Crippen LogP contribution in [-0.4, -0.2) is 62.5 Å². The second-order valence-electron chi connectivity index (χ2n) is 5.79. The normalized spacial score (nSPS) is 17.2. The molecule has 0 aromatic rings. The highest BCUT2D eigenvalue weighted by atomic mass is 16.2. The van der Waals surface area contributed by atoms with Crippen LogP contribution in [0.3, 0.4) is 0 Å². The van der Waals surface area contributed by atoms with Crippen LogP contribution in [0.25, 0.3) is 0 Å². The number of nitrogens with one attached hydrogen (secondary N) is 1. The second kappa shape index (κ2) is 9.32. The van der Waals surface area contributed by atoms with Gasteiger partial charge in [0, 0.05) is 32.6 Å². The first kappa shape index (κ1) is 16.4. The van der Waals surface area contributed by atoms with Crippen LogP contribution in [-0.2, 0) is 4.79 Å². The van der Waals surface area contributed by atoms with E-state index in [1.165, 1.54) is 38.8 Å². The van der Waals surface area contributed by atoms with Crippen molar-refractivity contribution in [2.24, 2.45) is 5.92 Å². The summed E-state index contributed by atoms with van der Waals surface area (Å²) in [5.41, 5.74) is 0. The van der Waals surface area contributed by atoms with Crippen LogP contribution >= 0.6 is 0 Å². The largest absolute Gasteiger partial charge is 0.343 e. The molecule has 1 rings (SSSR count). The minimum absolute atomic E-state index is 0.312. The molecule has 0 saturated carbocycles. The summed E-state index contributed by atoms with van der Waals surface area (Å²) < 4.78 is 0. The van der Waals surface area contributed by atoms with Crippen LogP contribution < -0.4 is 5.32 Å². The molecule has 0 aromatic carbocycles. The number of rotatable bonds is 8. The van der Waals surface area contributed by atoms with Gasteiger partial charge in [0.15, 0.2) is 0 Å². The molecule has 0 aliphatic carbocycles. The fraction of sp³-hybridized carbons (Fsp3) is 0.933. The third kappa shape index (κ3) is 6.39. The van der Waals surface area contributed by atoms with Crippen LogP contribution in [0.4, 0.5) is 0 Å². The molecule has 1 heterocycles. The molecule has 1 aliphatic heterocycles. The highest BCUT2D eigenvalue weighted by molar-refractivity contribution is 5.76. The first-order chi connectivity index (χ1) is 9.17. The van der Waals surface area contributed by atoms with Gasteiger partial charge < -0.3 is 15.1 Å². The lowest BCUT2D eigenvalue weighted by Gasteiger charge is -2.34. The Kier molecular flexibility index (Phi) is 8.07. The van der Waals surface area contributed by atoms with Gasteiger partial charge in [-0.3, -0.25) is 4.79 Å². The summed E-state index contributed by atoms with van der Waals surface area (Å²) in [6, 6.07) is 0. The lowest BCUT2D eigenvalue weighted by Crippen LogP contribution is -2.41. The first-order valence-corrected chi connectivity index (χ1v) is 7.78. The average Bonchev–Trinajstić information content (AvgIpc) is 2.43. The predicted octanol–water partition coefficient (Wildman–Crippen LogP) is 1.57. The standard InChI is InChI=1S/C15H31N3O/c1-4-5-10-17(3)13-14-7-11-18(12-8-14)15(19)6-9-16-2/h14,16H,4-13H2,1-3H3. The Morgan fingerprint density at radius 2 is 2.05 bits per heavy atom. The summed E-state index contributed by atoms with van der Waals surface area (Å²) >= 11 is 0. The fourth-order valence-corrected chi connectivity index (χ4v) is 2.72. The molecule has 1 saturated heterocycles. The van der Waals surface area contributed by atoms with Crippen molar-refractivity contribution in [1.82, 2.24) is 15.1 Å². The van der Waals surface area contributed by atoms with Gasteiger partial charge >= 0.3 is 0 Å². The second-order valence-corrected chi connectivity index (χ2v) is 5.79. The number of amides is 1. The molecule has 0 unspecified atom stereocenters. The number of nitrogens with zero attached hydrogens (tertiary/aromatic N) is 2. The summed E-state index contributed by atoms with van der Waals surface area (Å²) in [6.45, 7) is 7.33. The minimum Gasteiger partial charge on any atom is -0.343 e. The van der Waals surface area contributed by atoms with E-state index >= 15 is 0 Å². The van der Waals surface area contributed by atoms with Crippen molar-refractivity contribution in [1.29, 1.82) is 0 Å². The van der Waals surface area contributed by atoms with Crippen LogP contribution in [0.2, 0.25) is 0 Å². The van der Waals surface area contributed by atoms with E-state index in [1.54, 1.807) is 0 Å². The van der Waals surface area contributed by atoms with Gasteiger partial charge in [0.05, 0.1) is 0 Å². The summed E-state index contributed by atoms with van der Waals surface area (Å²) in [7, 11) is 4.12. The number of unbranched alkanes of at least 4 members (excludes halogenated alkanes) is 1. The van der Waals surface area contributed by atoms with Gasteiger partial charge in [-0.05, 0) is 45.8 Å². The Labute approximate surface area is 118 Å². The van der Waals surface area contributed by atoms with Gasteiger partial charge in [0.25, 0.3) is 0 Å². The molecular formula is C15H31N3O. The molecule has 0 aromatic heterocycles. The molecule has 0 spiro atoms. The quantitative estimate of drug-likeness (QED) is 0.726. The highest BCUT2D eigenvalue weighted by Crippen LogP contribution is 2.18. The zero-order valence-corrected chi connectivity index (χ0v) is 13.0. The average molecular weight is 269 g/mol. The molecule has 0 radical (unpaired) electrons. The van der Waals surface area contributed by atoms with Crippen LogP contribution in [0, 0.1) is 5.92 Å². The third-order valence-corrected chi connectivity index (χ3v) is 4.02. The van der Waals surface area contributed by atoms with Crippen molar-refractivity contribution in [2.75, 3.05) is 46.8 Å². The van der Waals surface area contributed by atoms with Gasteiger partial charge in [0.1, 0.15) is 0 Å². The molecule has 1 aliphatic rings. The van der Waals surface area contributed by atoms with Crippen molar-refractivity contribution >= 4 is 5.91 Å². The smallest absolute Gasteiger partial charge is 0.223 e. The van der Waals surface area contributed by atoms with E-state index in [9.17, 15) is 4.79 Å². The number of carbonyl (C=O) groups is 1. The molecular weight excluding hydrogens is 238 g/mol. The van der Waals surface area contributed by atoms with E-state index in [2.05, 4.69) is 24.2 Å². The Morgan fingerprint density at radius 1 is 1.37 bits per heavy atom. The molecule has 4 heteroatoms. The molecule has 112 valence electrons. The minimum atomic E-state index is 0.312. The Hall–Kier alpha value is -0.610. The topological polar surface area (TPSA) is 35.6 Å². The van der Waals surface area contributed by atoms with Gasteiger partial charge in [0.2, 0.25) is 5.91 Å². The highest BCUT2D eigenvalue weighted by Gasteiger charge is 2.22. The first-order valence-electron chi connectivity index (χ1n) is 7.78. The molecule has 1 amide bonds. The SMILES string of the molecule is CCCCN(C)CC1CCN(C(=O)CCNC)CC1. The van der Waals surface area contributed by atoms with E-state index in [-0.39, 0.29) is 0 Å². The number of piperidine rings is 1. The molecule has 0 atom stereocenters. The van der Waals surface area contributed by atoms with Crippen molar-refractivity contribution < 1.29 is 4.79 Å². The summed E-state index contributed by atoms with van der Waals surface area (Å²) in [5.74, 6) is 1.09. The summed E-state index contributed by atoms with van der Waals surface area (Å²) in [4.78, 5) is 16.4. The van der Waals surface area contributed by atoms with E-state index in [1.807, 2.05) is 11.9 Å². The van der Waals surface area contributed by atoms with Crippen molar-refractivity contribution in [3.05, 3.63) is 0 Å². The maximum absolute atomic E-state index is 11.9. The monoisotopic (exact) mass is 269 g/mol. The Bertz CT molecular complexity index is 250. The van der Waals surface area contributed by atoms with Crippen LogP contribution in [0.5, 0.6) is 0 Å². The fourth-order valence-electron chi connectivity index (χ4n) is 2.72. The van der Waals surface area contributed by atoms with Gasteiger partial charge in [-0.2, -0.15) is 0 Å². The third-order valence-electron chi connectivity index (χ3n) is 4.02. The summed E-state index contributed by atoms with van der Waals surface area (Å²) in [5, 5.41) is 3.04. The molecule has 1 fully saturated rings. The number of likely N-dealkylation sites (tertiary alicyclic amines) is 1.